The van der Waals surface area contributed by atoms with E-state index in [1.54, 1.807) is 4.90 Å². The van der Waals surface area contributed by atoms with Crippen LogP contribution in [0.1, 0.15) is 12.8 Å². The van der Waals surface area contributed by atoms with E-state index in [4.69, 9.17) is 39.5 Å². The molecule has 19 nitrogen and oxygen atoms in total. The average molecular weight is 919 g/mol. The van der Waals surface area contributed by atoms with Gasteiger partial charge in [0.05, 0.1) is 30.1 Å². The minimum absolute atomic E-state index is 0.00964. The molecule has 0 radical (unpaired) electrons. The van der Waals surface area contributed by atoms with Crippen molar-refractivity contribution in [2.75, 3.05) is 65.2 Å². The molecule has 1 heterocycles. The summed E-state index contributed by atoms with van der Waals surface area (Å²) < 4.78 is 123. The summed E-state index contributed by atoms with van der Waals surface area (Å²) in [6.07, 6.45) is 0.237. The summed E-state index contributed by atoms with van der Waals surface area (Å²) in [5.41, 5.74) is -0.990. The number of hydrogen-bond donors (Lipinski definition) is 4. The zero-order valence-electron chi connectivity index (χ0n) is 29.1. The van der Waals surface area contributed by atoms with E-state index in [9.17, 15) is 47.9 Å². The van der Waals surface area contributed by atoms with E-state index >= 15 is 0 Å². The van der Waals surface area contributed by atoms with Gasteiger partial charge in [0.1, 0.15) is 26.9 Å². The molecule has 0 fully saturated rings. The number of benzene rings is 3. The van der Waals surface area contributed by atoms with Gasteiger partial charge in [0.15, 0.2) is 25.4 Å². The molecule has 0 atom stereocenters. The first kappa shape index (κ1) is 45.0. The van der Waals surface area contributed by atoms with Crippen molar-refractivity contribution in [1.82, 2.24) is 15.0 Å². The van der Waals surface area contributed by atoms with E-state index in [-0.39, 0.29) is 100 Å². The number of hydrogen-bond acceptors (Lipinski definition) is 17. The largest absolute Gasteiger partial charge is 0.505 e. The van der Waals surface area contributed by atoms with Gasteiger partial charge in [-0.1, -0.05) is 0 Å². The summed E-state index contributed by atoms with van der Waals surface area (Å²) in [6.45, 7) is 0.166. The monoisotopic (exact) mass is 917 g/mol. The Labute approximate surface area is 337 Å². The number of methoxy groups -OCH3 is 1. The van der Waals surface area contributed by atoms with Crippen LogP contribution in [0.15, 0.2) is 62.5 Å². The highest BCUT2D eigenvalue weighted by Crippen LogP contribution is 2.43. The third-order valence-corrected chi connectivity index (χ3v) is 13.9. The fourth-order valence-electron chi connectivity index (χ4n) is 5.10. The molecule has 0 saturated heterocycles. The smallest absolute Gasteiger partial charge is 0.296 e. The highest BCUT2D eigenvalue weighted by Gasteiger charge is 2.24. The van der Waals surface area contributed by atoms with Crippen molar-refractivity contribution >= 4 is 114 Å². The second-order valence-corrected chi connectivity index (χ2v) is 20.2. The molecule has 0 saturated carbocycles. The van der Waals surface area contributed by atoms with Crippen molar-refractivity contribution in [1.29, 1.82) is 0 Å². The van der Waals surface area contributed by atoms with Crippen molar-refractivity contribution < 1.29 is 52.6 Å². The fraction of sp³-hybridized carbons (Fsp3) is 0.367. The van der Waals surface area contributed by atoms with Gasteiger partial charge >= 0.3 is 0 Å². The van der Waals surface area contributed by atoms with Crippen LogP contribution < -0.4 is 15.0 Å². The Morgan fingerprint density at radius 3 is 1.93 bits per heavy atom. The molecule has 0 aliphatic heterocycles. The van der Waals surface area contributed by atoms with E-state index in [0.717, 1.165) is 18.2 Å². The van der Waals surface area contributed by atoms with Gasteiger partial charge < -0.3 is 20.1 Å². The highest BCUT2D eigenvalue weighted by atomic mass is 35.5. The van der Waals surface area contributed by atoms with Crippen LogP contribution in [0.3, 0.4) is 0 Å². The van der Waals surface area contributed by atoms with Gasteiger partial charge in [-0.25, -0.2) is 16.8 Å². The molecule has 0 unspecified atom stereocenters. The van der Waals surface area contributed by atoms with Gasteiger partial charge in [0, 0.05) is 42.0 Å². The predicted molar refractivity (Wildman–Crippen MR) is 211 cm³/mol. The summed E-state index contributed by atoms with van der Waals surface area (Å²) in [5.74, 6) is -1.91. The van der Waals surface area contributed by atoms with E-state index in [1.807, 2.05) is 0 Å². The number of rotatable bonds is 20. The molecule has 56 heavy (non-hydrogen) atoms. The van der Waals surface area contributed by atoms with Gasteiger partial charge in [0.2, 0.25) is 17.2 Å². The zero-order valence-corrected chi connectivity index (χ0v) is 34.6. The number of nitrogens with one attached hydrogen (secondary N) is 1. The Balaban J connectivity index is 1.69. The van der Waals surface area contributed by atoms with Crippen molar-refractivity contribution in [3.8, 4) is 11.5 Å². The number of phenols is 1. The molecule has 1 aromatic heterocycles. The third-order valence-electron chi connectivity index (χ3n) is 7.71. The SMILES string of the molecule is COc1ccc(N=Nc2c(S(=O)(=O)O)cc3cc(Nc4nc(Cl)nc(N(CCCS(=O)(=O)CCCl)CCCS(=O)(=O)CCCl)n4)ccc3c2O)c(S(=O)(=O)O)c1. The lowest BCUT2D eigenvalue weighted by Gasteiger charge is -2.23. The normalized spacial score (nSPS) is 12.7. The van der Waals surface area contributed by atoms with Crippen LogP contribution in [0, 0.1) is 0 Å². The van der Waals surface area contributed by atoms with Gasteiger partial charge in [-0.15, -0.1) is 33.4 Å². The van der Waals surface area contributed by atoms with Gasteiger partial charge in [-0.3, -0.25) is 9.11 Å². The first-order valence-electron chi connectivity index (χ1n) is 16.0. The number of nitrogens with zero attached hydrogens (tertiary/aromatic N) is 6. The summed E-state index contributed by atoms with van der Waals surface area (Å²) in [7, 11) is -15.6. The van der Waals surface area contributed by atoms with Crippen LogP contribution in [0.5, 0.6) is 11.5 Å². The molecule has 26 heteroatoms. The second-order valence-electron chi connectivity index (χ2n) is 11.7. The number of anilines is 3. The summed E-state index contributed by atoms with van der Waals surface area (Å²) in [6, 6.07) is 8.42. The van der Waals surface area contributed by atoms with E-state index in [2.05, 4.69) is 30.5 Å². The standard InChI is InChI=1S/C30H34Cl3N7O12S4/c1-52-21-5-7-23(24(18-21)55(46,47)48)38-39-26-25(56(49,50)51)17-19-16-20(4-6-22(19)27(26)41)34-29-35-28(33)36-30(37-29)40(10-2-12-53(42,43)14-8-31)11-3-13-54(44,45)15-9-32/h4-7,16-18,41H,2-3,8-15H2,1H3,(H,46,47,48)(H,49,50,51)(H,34,35,36,37). The number of ether oxygens (including phenoxy) is 1. The van der Waals surface area contributed by atoms with E-state index in [1.165, 1.54) is 31.4 Å². The van der Waals surface area contributed by atoms with Gasteiger partial charge in [-0.05, 0) is 66.2 Å². The lowest BCUT2D eigenvalue weighted by atomic mass is 10.1. The first-order chi connectivity index (χ1) is 26.2. The third kappa shape index (κ3) is 12.4. The fourth-order valence-corrected chi connectivity index (χ4v) is 9.98. The lowest BCUT2D eigenvalue weighted by Crippen LogP contribution is -2.31. The molecular weight excluding hydrogens is 885 g/mol. The average Bonchev–Trinajstić information content (AvgIpc) is 3.09. The second kappa shape index (κ2) is 18.7. The Morgan fingerprint density at radius 1 is 0.768 bits per heavy atom. The molecule has 0 aliphatic carbocycles. The van der Waals surface area contributed by atoms with Crippen LogP contribution in [0.25, 0.3) is 10.8 Å². The summed E-state index contributed by atoms with van der Waals surface area (Å²) >= 11 is 17.4. The van der Waals surface area contributed by atoms with E-state index in [0.29, 0.717) is 0 Å². The molecule has 0 bridgehead atoms. The maximum atomic E-state index is 12.5. The number of halogens is 3. The molecule has 0 spiro atoms. The maximum absolute atomic E-state index is 12.5. The first-order valence-corrected chi connectivity index (χ1v) is 23.9. The van der Waals surface area contributed by atoms with Crippen LogP contribution in [-0.2, 0) is 39.9 Å². The van der Waals surface area contributed by atoms with Crippen molar-refractivity contribution in [2.24, 2.45) is 10.2 Å². The number of aromatic hydroxyl groups is 1. The number of phenolic OH excluding ortho intramolecular Hbond substituents is 1. The maximum Gasteiger partial charge on any atom is 0.296 e. The molecule has 4 rings (SSSR count). The van der Waals surface area contributed by atoms with Crippen molar-refractivity contribution in [2.45, 2.75) is 22.6 Å². The minimum Gasteiger partial charge on any atom is -0.505 e. The molecular formula is C30H34Cl3N7O12S4. The molecule has 306 valence electrons. The number of azo groups is 1. The minimum atomic E-state index is -5.10. The van der Waals surface area contributed by atoms with E-state index < -0.39 is 66.8 Å². The Morgan fingerprint density at radius 2 is 1.38 bits per heavy atom. The number of aromatic nitrogens is 3. The van der Waals surface area contributed by atoms with Crippen molar-refractivity contribution in [3.63, 3.8) is 0 Å². The number of alkyl halides is 2. The summed E-state index contributed by atoms with van der Waals surface area (Å²) in [5, 5.41) is 21.2. The number of sulfone groups is 2. The lowest BCUT2D eigenvalue weighted by molar-refractivity contribution is 0.412. The highest BCUT2D eigenvalue weighted by molar-refractivity contribution is 7.91. The topological polar surface area (TPSA) is 285 Å². The number of fused-ring (bicyclic) bond motifs is 1. The van der Waals surface area contributed by atoms with Crippen LogP contribution >= 0.6 is 34.8 Å². The predicted octanol–water partition coefficient (Wildman–Crippen LogP) is 4.94. The summed E-state index contributed by atoms with van der Waals surface area (Å²) in [4.78, 5) is 12.5. The molecule has 0 aliphatic rings. The quantitative estimate of drug-likeness (QED) is 0.0519. The van der Waals surface area contributed by atoms with Gasteiger partial charge in [-0.2, -0.15) is 31.8 Å². The molecule has 4 aromatic rings. The zero-order chi connectivity index (χ0) is 41.5. The molecule has 4 N–H and O–H groups in total. The van der Waals surface area contributed by atoms with Crippen LogP contribution in [0.2, 0.25) is 5.28 Å². The van der Waals surface area contributed by atoms with Gasteiger partial charge in [0.25, 0.3) is 20.2 Å². The van der Waals surface area contributed by atoms with Crippen LogP contribution in [0.4, 0.5) is 29.0 Å². The molecule has 3 aromatic carbocycles. The Kier molecular flexibility index (Phi) is 15.1. The van der Waals surface area contributed by atoms with Crippen molar-refractivity contribution in [3.05, 3.63) is 47.7 Å². The van der Waals surface area contributed by atoms with Crippen LogP contribution in [-0.4, -0.2) is 118 Å². The Hall–Kier alpha value is -3.68. The molecule has 0 amide bonds. The Bertz CT molecular complexity index is 2520.